The highest BCUT2D eigenvalue weighted by Gasteiger charge is 2.29. The molecule has 4 aromatic carbocycles. The van der Waals surface area contributed by atoms with Crippen LogP contribution in [0.3, 0.4) is 0 Å². The number of aliphatic hydroxyl groups excluding tert-OH is 2. The molecule has 68 heavy (non-hydrogen) atoms. The van der Waals surface area contributed by atoms with Crippen LogP contribution in [-0.4, -0.2) is 55.2 Å². The molecule has 1 aliphatic rings. The first-order valence-corrected chi connectivity index (χ1v) is 24.8. The van der Waals surface area contributed by atoms with E-state index in [1.54, 1.807) is 50.2 Å². The predicted molar refractivity (Wildman–Crippen MR) is 266 cm³/mol. The van der Waals surface area contributed by atoms with E-state index in [9.17, 15) is 19.8 Å². The number of hydrogen-bond acceptors (Lipinski definition) is 7. The number of rotatable bonds is 27. The number of halogens is 3. The Morgan fingerprint density at radius 2 is 1.12 bits per heavy atom. The van der Waals surface area contributed by atoms with Gasteiger partial charge in [-0.05, 0) is 154 Å². The Hall–Kier alpha value is -5.19. The van der Waals surface area contributed by atoms with E-state index in [1.807, 2.05) is 25.1 Å². The van der Waals surface area contributed by atoms with Crippen molar-refractivity contribution in [3.63, 3.8) is 0 Å². The smallest absolute Gasteiger partial charge is 0.333 e. The van der Waals surface area contributed by atoms with Gasteiger partial charge in [0.1, 0.15) is 23.2 Å². The number of benzene rings is 4. The molecule has 0 atom stereocenters. The molecule has 368 valence electrons. The molecule has 5 rings (SSSR count). The van der Waals surface area contributed by atoms with Crippen molar-refractivity contribution in [3.05, 3.63) is 125 Å². The molecule has 4 aromatic rings. The van der Waals surface area contributed by atoms with E-state index in [-0.39, 0.29) is 61.1 Å². The van der Waals surface area contributed by atoms with Crippen LogP contribution < -0.4 is 4.74 Å². The first kappa shape index (κ1) is 53.8. The number of carbonyl (C=O) groups excluding carboxylic acids is 2. The topological polar surface area (TPSA) is 102 Å². The maximum Gasteiger partial charge on any atom is 0.333 e. The van der Waals surface area contributed by atoms with Crippen molar-refractivity contribution >= 4 is 11.9 Å². The summed E-state index contributed by atoms with van der Waals surface area (Å²) in [5.41, 5.74) is 4.23. The summed E-state index contributed by atoms with van der Waals surface area (Å²) in [6.07, 6.45) is 13.8. The fourth-order valence-electron chi connectivity index (χ4n) is 9.30. The third-order valence-electron chi connectivity index (χ3n) is 13.6. The summed E-state index contributed by atoms with van der Waals surface area (Å²) in [6, 6.07) is 18.1. The van der Waals surface area contributed by atoms with Crippen LogP contribution in [0.25, 0.3) is 33.4 Å². The molecule has 0 unspecified atom stereocenters. The van der Waals surface area contributed by atoms with E-state index < -0.39 is 29.0 Å². The molecular formula is C58H73F3O7. The van der Waals surface area contributed by atoms with E-state index in [1.165, 1.54) is 50.7 Å². The third kappa shape index (κ3) is 14.9. The highest BCUT2D eigenvalue weighted by atomic mass is 19.1. The van der Waals surface area contributed by atoms with Crippen LogP contribution in [0.15, 0.2) is 91.0 Å². The number of esters is 2. The van der Waals surface area contributed by atoms with E-state index in [4.69, 9.17) is 14.2 Å². The number of ether oxygens (including phenoxy) is 3. The lowest BCUT2D eigenvalue weighted by molar-refractivity contribution is -0.139. The van der Waals surface area contributed by atoms with Crippen molar-refractivity contribution in [1.82, 2.24) is 0 Å². The van der Waals surface area contributed by atoms with Gasteiger partial charge in [0.05, 0.1) is 33.0 Å². The lowest BCUT2D eigenvalue weighted by Gasteiger charge is -2.30. The lowest BCUT2D eigenvalue weighted by atomic mass is 9.77. The third-order valence-corrected chi connectivity index (χ3v) is 13.6. The Bertz CT molecular complexity index is 2270. The molecule has 10 heteroatoms. The second kappa shape index (κ2) is 26.5. The molecule has 0 heterocycles. The zero-order valence-electron chi connectivity index (χ0n) is 40.8. The minimum Gasteiger partial charge on any atom is -0.493 e. The number of aliphatic hydroxyl groups is 2. The first-order valence-electron chi connectivity index (χ1n) is 24.8. The Kier molecular flexibility index (Phi) is 21.0. The maximum absolute atomic E-state index is 16.5. The number of carbonyl (C=O) groups is 2. The van der Waals surface area contributed by atoms with Gasteiger partial charge in [0.2, 0.25) is 0 Å². The lowest BCUT2D eigenvalue weighted by Crippen LogP contribution is -2.32. The van der Waals surface area contributed by atoms with E-state index in [0.29, 0.717) is 83.6 Å². The minimum absolute atomic E-state index is 0.0994. The van der Waals surface area contributed by atoms with Gasteiger partial charge in [-0.1, -0.05) is 102 Å². The summed E-state index contributed by atoms with van der Waals surface area (Å²) >= 11 is 0. The number of hydrogen-bond donors (Lipinski definition) is 2. The zero-order valence-corrected chi connectivity index (χ0v) is 40.8. The van der Waals surface area contributed by atoms with E-state index in [2.05, 4.69) is 20.1 Å². The number of unbranched alkanes of at least 4 members (excludes halogenated alkanes) is 3. The van der Waals surface area contributed by atoms with Gasteiger partial charge in [-0.2, -0.15) is 0 Å². The summed E-state index contributed by atoms with van der Waals surface area (Å²) < 4.78 is 65.5. The van der Waals surface area contributed by atoms with Gasteiger partial charge in [-0.25, -0.2) is 22.8 Å². The van der Waals surface area contributed by atoms with Crippen LogP contribution in [0.1, 0.15) is 140 Å². The zero-order chi connectivity index (χ0) is 49.2. The molecule has 0 bridgehead atoms. The second-order valence-electron chi connectivity index (χ2n) is 19.0. The fourth-order valence-corrected chi connectivity index (χ4v) is 9.30. The van der Waals surface area contributed by atoms with Crippen molar-refractivity contribution in [3.8, 4) is 39.1 Å². The van der Waals surface area contributed by atoms with Gasteiger partial charge in [-0.3, -0.25) is 0 Å². The van der Waals surface area contributed by atoms with E-state index >= 15 is 13.2 Å². The Morgan fingerprint density at radius 3 is 1.59 bits per heavy atom. The average molecular weight is 939 g/mol. The molecule has 0 aromatic heterocycles. The number of aryl methyl sites for hydroxylation is 2. The summed E-state index contributed by atoms with van der Waals surface area (Å²) in [4.78, 5) is 24.4. The van der Waals surface area contributed by atoms with Crippen LogP contribution in [0.2, 0.25) is 0 Å². The van der Waals surface area contributed by atoms with Crippen LogP contribution >= 0.6 is 0 Å². The second-order valence-corrected chi connectivity index (χ2v) is 19.0. The first-order chi connectivity index (χ1) is 32.7. The van der Waals surface area contributed by atoms with Crippen LogP contribution in [0.4, 0.5) is 13.2 Å². The molecule has 0 amide bonds. The van der Waals surface area contributed by atoms with Crippen molar-refractivity contribution in [2.24, 2.45) is 11.3 Å². The summed E-state index contributed by atoms with van der Waals surface area (Å²) in [5, 5.41) is 20.6. The van der Waals surface area contributed by atoms with Gasteiger partial charge < -0.3 is 24.4 Å². The van der Waals surface area contributed by atoms with Gasteiger partial charge >= 0.3 is 11.9 Å². The highest BCUT2D eigenvalue weighted by Crippen LogP contribution is 2.41. The van der Waals surface area contributed by atoms with E-state index in [0.717, 1.165) is 37.2 Å². The van der Waals surface area contributed by atoms with Crippen LogP contribution in [-0.2, 0) is 31.9 Å². The Labute approximate surface area is 402 Å². The summed E-state index contributed by atoms with van der Waals surface area (Å²) in [7, 11) is 0. The molecule has 2 N–H and O–H groups in total. The van der Waals surface area contributed by atoms with Crippen molar-refractivity contribution in [1.29, 1.82) is 0 Å². The van der Waals surface area contributed by atoms with Gasteiger partial charge in [0.25, 0.3) is 0 Å². The largest absolute Gasteiger partial charge is 0.493 e. The quantitative estimate of drug-likeness (QED) is 0.0349. The van der Waals surface area contributed by atoms with Gasteiger partial charge in [0.15, 0.2) is 0 Å². The Morgan fingerprint density at radius 1 is 0.618 bits per heavy atom. The van der Waals surface area contributed by atoms with Crippen molar-refractivity contribution in [2.45, 2.75) is 136 Å². The monoisotopic (exact) mass is 939 g/mol. The minimum atomic E-state index is -0.734. The molecule has 1 fully saturated rings. The van der Waals surface area contributed by atoms with Gasteiger partial charge in [-0.15, -0.1) is 0 Å². The molecule has 0 saturated heterocycles. The molecule has 1 saturated carbocycles. The normalized spacial score (nSPS) is 15.0. The molecular weight excluding hydrogens is 866 g/mol. The molecule has 7 nitrogen and oxygen atoms in total. The Balaban J connectivity index is 1.42. The predicted octanol–water partition coefficient (Wildman–Crippen LogP) is 14.0. The summed E-state index contributed by atoms with van der Waals surface area (Å²) in [6.45, 7) is 14.7. The highest BCUT2D eigenvalue weighted by molar-refractivity contribution is 5.87. The molecule has 1 aliphatic carbocycles. The van der Waals surface area contributed by atoms with Crippen LogP contribution in [0, 0.1) is 28.8 Å². The molecule has 0 radical (unpaired) electrons. The van der Waals surface area contributed by atoms with Crippen molar-refractivity contribution < 1.29 is 47.2 Å². The van der Waals surface area contributed by atoms with Crippen LogP contribution in [0.5, 0.6) is 5.75 Å². The molecule has 0 spiro atoms. The standard InChI is InChI=1S/C58H73F3O7/c1-7-9-11-14-41-17-19-42(20-18-41)43-21-24-49(52(59)34-43)44-22-25-50(53(60)35-44)45-23-26-51(54(61)36-45)48-32-46(15-12-29-67-56(64)39(3)4)55(47(33-48)16-13-30-68-57(65)40(5)6)66-31-28-58(37-62,38-63)27-10-8-2/h21-26,32-36,41-42,62-63H,3,5,7-20,27-31,37-38H2,1-2,4,6H3. The average Bonchev–Trinajstić information content (AvgIpc) is 3.33. The van der Waals surface area contributed by atoms with Gasteiger partial charge in [0, 0.05) is 33.3 Å². The molecule has 0 aliphatic heterocycles. The maximum atomic E-state index is 16.5. The fraction of sp³-hybridized carbons (Fsp3) is 0.483. The summed E-state index contributed by atoms with van der Waals surface area (Å²) in [5.74, 6) is -0.983. The van der Waals surface area contributed by atoms with Crippen molar-refractivity contribution in [2.75, 3.05) is 33.0 Å². The SMILES string of the molecule is C=C(C)C(=O)OCCCc1cc(-c2ccc(-c3ccc(-c4ccc(C5CCC(CCCCC)CC5)cc4F)cc3F)cc2F)cc(CCCOC(=O)C(=C)C)c1OCCC(CO)(CO)CCCC.